The minimum absolute atomic E-state index is 0.0202. The van der Waals surface area contributed by atoms with Crippen molar-refractivity contribution in [2.24, 2.45) is 0 Å². The molecular formula is C11H4O4S2. The van der Waals surface area contributed by atoms with E-state index in [0.717, 1.165) is 11.3 Å². The van der Waals surface area contributed by atoms with Crippen LogP contribution in [0.1, 0.15) is 40.1 Å². The van der Waals surface area contributed by atoms with Gasteiger partial charge in [0.1, 0.15) is 4.88 Å². The minimum Gasteiger partial charge on any atom is -0.477 e. The quantitative estimate of drug-likeness (QED) is 0.732. The van der Waals surface area contributed by atoms with E-state index in [-0.39, 0.29) is 26.9 Å². The van der Waals surface area contributed by atoms with E-state index in [2.05, 4.69) is 0 Å². The molecule has 1 aliphatic carbocycles. The van der Waals surface area contributed by atoms with Crippen LogP contribution in [0.25, 0.3) is 0 Å². The first-order valence-corrected chi connectivity index (χ1v) is 6.33. The topological polar surface area (TPSA) is 71.4 Å². The Morgan fingerprint density at radius 2 is 1.82 bits per heavy atom. The van der Waals surface area contributed by atoms with Crippen LogP contribution in [-0.4, -0.2) is 22.6 Å². The third-order valence-electron chi connectivity index (χ3n) is 2.51. The van der Waals surface area contributed by atoms with Gasteiger partial charge in [-0.05, 0) is 17.5 Å². The van der Waals surface area contributed by atoms with Crippen LogP contribution in [0.2, 0.25) is 0 Å². The lowest BCUT2D eigenvalue weighted by Crippen LogP contribution is -2.15. The molecule has 2 aromatic rings. The summed E-state index contributed by atoms with van der Waals surface area (Å²) in [5.41, 5.74) is 0.596. The number of carboxylic acid groups (broad SMARTS) is 1. The van der Waals surface area contributed by atoms with Crippen LogP contribution in [0.15, 0.2) is 17.5 Å². The minimum atomic E-state index is -1.12. The molecule has 0 saturated carbocycles. The molecule has 4 nitrogen and oxygen atoms in total. The SMILES string of the molecule is O=C(O)c1cc2c(s1)C(=O)c1ccsc1C2=O. The molecule has 2 aromatic heterocycles. The average molecular weight is 264 g/mol. The summed E-state index contributed by atoms with van der Waals surface area (Å²) in [4.78, 5) is 35.5. The number of rotatable bonds is 1. The van der Waals surface area contributed by atoms with Crippen molar-refractivity contribution in [1.29, 1.82) is 0 Å². The lowest BCUT2D eigenvalue weighted by molar-refractivity contribution is 0.0702. The van der Waals surface area contributed by atoms with Crippen LogP contribution < -0.4 is 0 Å². The monoisotopic (exact) mass is 264 g/mol. The van der Waals surface area contributed by atoms with Gasteiger partial charge in [-0.2, -0.15) is 0 Å². The van der Waals surface area contributed by atoms with E-state index in [1.807, 2.05) is 0 Å². The van der Waals surface area contributed by atoms with Gasteiger partial charge in [0, 0.05) is 11.1 Å². The predicted molar refractivity (Wildman–Crippen MR) is 62.5 cm³/mol. The standard InChI is InChI=1S/C11H4O4S2/c12-7-4-1-2-16-9(4)8(13)5-3-6(11(14)15)17-10(5)7/h1-3H,(H,14,15). The average Bonchev–Trinajstić information content (AvgIpc) is 2.92. The van der Waals surface area contributed by atoms with Crippen LogP contribution in [-0.2, 0) is 0 Å². The highest BCUT2D eigenvalue weighted by Gasteiger charge is 2.33. The van der Waals surface area contributed by atoms with Crippen molar-refractivity contribution in [3.63, 3.8) is 0 Å². The molecule has 0 spiro atoms. The maximum absolute atomic E-state index is 12.0. The van der Waals surface area contributed by atoms with E-state index in [1.165, 1.54) is 17.4 Å². The summed E-state index contributed by atoms with van der Waals surface area (Å²) >= 11 is 2.06. The Kier molecular flexibility index (Phi) is 2.04. The summed E-state index contributed by atoms with van der Waals surface area (Å²) < 4.78 is 0. The van der Waals surface area contributed by atoms with Crippen LogP contribution in [0.3, 0.4) is 0 Å². The Morgan fingerprint density at radius 1 is 1.12 bits per heavy atom. The number of hydrogen-bond acceptors (Lipinski definition) is 5. The Morgan fingerprint density at radius 3 is 2.53 bits per heavy atom. The Bertz CT molecular complexity index is 629. The zero-order valence-electron chi connectivity index (χ0n) is 8.22. The van der Waals surface area contributed by atoms with Crippen molar-refractivity contribution in [3.8, 4) is 0 Å². The zero-order valence-corrected chi connectivity index (χ0v) is 9.85. The maximum atomic E-state index is 12.0. The van der Waals surface area contributed by atoms with Gasteiger partial charge in [0.15, 0.2) is 0 Å². The molecule has 0 fully saturated rings. The lowest BCUT2D eigenvalue weighted by atomic mass is 9.96. The van der Waals surface area contributed by atoms with Crippen LogP contribution >= 0.6 is 22.7 Å². The summed E-state index contributed by atoms with van der Waals surface area (Å²) in [7, 11) is 0. The molecule has 1 aliphatic rings. The summed E-state index contributed by atoms with van der Waals surface area (Å²) in [6.45, 7) is 0. The fourth-order valence-electron chi connectivity index (χ4n) is 1.74. The number of aromatic carboxylic acids is 1. The molecule has 2 heterocycles. The molecule has 17 heavy (non-hydrogen) atoms. The normalized spacial score (nSPS) is 13.4. The first-order valence-electron chi connectivity index (χ1n) is 4.63. The zero-order chi connectivity index (χ0) is 12.2. The fourth-order valence-corrected chi connectivity index (χ4v) is 3.54. The molecule has 3 rings (SSSR count). The van der Waals surface area contributed by atoms with Crippen molar-refractivity contribution >= 4 is 40.2 Å². The molecule has 84 valence electrons. The van der Waals surface area contributed by atoms with E-state index >= 15 is 0 Å². The molecule has 0 atom stereocenters. The van der Waals surface area contributed by atoms with Crippen LogP contribution in [0.5, 0.6) is 0 Å². The van der Waals surface area contributed by atoms with Gasteiger partial charge in [-0.25, -0.2) is 4.79 Å². The molecule has 0 aliphatic heterocycles. The highest BCUT2D eigenvalue weighted by atomic mass is 32.1. The maximum Gasteiger partial charge on any atom is 0.345 e. The van der Waals surface area contributed by atoms with Crippen molar-refractivity contribution in [3.05, 3.63) is 43.3 Å². The van der Waals surface area contributed by atoms with Gasteiger partial charge >= 0.3 is 5.97 Å². The Balaban J connectivity index is 2.27. The number of fused-ring (bicyclic) bond motifs is 2. The van der Waals surface area contributed by atoms with Gasteiger partial charge < -0.3 is 5.11 Å². The number of carbonyl (C=O) groups is 3. The van der Waals surface area contributed by atoms with Gasteiger partial charge in [-0.3, -0.25) is 9.59 Å². The van der Waals surface area contributed by atoms with E-state index in [1.54, 1.807) is 11.4 Å². The highest BCUT2D eigenvalue weighted by molar-refractivity contribution is 7.17. The first-order chi connectivity index (χ1) is 8.09. The molecule has 0 aromatic carbocycles. The number of ketones is 2. The Hall–Kier alpha value is -1.79. The molecule has 0 bridgehead atoms. The summed E-state index contributed by atoms with van der Waals surface area (Å²) in [6, 6.07) is 2.88. The van der Waals surface area contributed by atoms with E-state index < -0.39 is 5.97 Å². The molecule has 0 saturated heterocycles. The number of carboxylic acids is 1. The predicted octanol–water partition coefficient (Wildman–Crippen LogP) is 2.28. The van der Waals surface area contributed by atoms with Crippen molar-refractivity contribution < 1.29 is 19.5 Å². The van der Waals surface area contributed by atoms with Gasteiger partial charge in [-0.1, -0.05) is 0 Å². The lowest BCUT2D eigenvalue weighted by Gasteiger charge is -2.08. The molecule has 0 radical (unpaired) electrons. The van der Waals surface area contributed by atoms with Gasteiger partial charge in [-0.15, -0.1) is 22.7 Å². The number of carbonyl (C=O) groups excluding carboxylic acids is 2. The second kappa shape index (κ2) is 3.35. The fraction of sp³-hybridized carbons (Fsp3) is 0. The smallest absolute Gasteiger partial charge is 0.345 e. The largest absolute Gasteiger partial charge is 0.477 e. The first kappa shape index (κ1) is 10.4. The summed E-state index contributed by atoms with van der Waals surface area (Å²) in [5.74, 6) is -1.63. The summed E-state index contributed by atoms with van der Waals surface area (Å²) in [6.07, 6.45) is 0. The molecule has 0 unspecified atom stereocenters. The van der Waals surface area contributed by atoms with Crippen molar-refractivity contribution in [2.45, 2.75) is 0 Å². The van der Waals surface area contributed by atoms with Crippen LogP contribution in [0.4, 0.5) is 0 Å². The third-order valence-corrected chi connectivity index (χ3v) is 4.54. The van der Waals surface area contributed by atoms with E-state index in [4.69, 9.17) is 5.11 Å². The van der Waals surface area contributed by atoms with E-state index in [0.29, 0.717) is 10.4 Å². The highest BCUT2D eigenvalue weighted by Crippen LogP contribution is 2.35. The van der Waals surface area contributed by atoms with Gasteiger partial charge in [0.2, 0.25) is 11.6 Å². The second-order valence-electron chi connectivity index (χ2n) is 3.48. The number of thiophene rings is 2. The van der Waals surface area contributed by atoms with Crippen molar-refractivity contribution in [2.75, 3.05) is 0 Å². The van der Waals surface area contributed by atoms with Crippen molar-refractivity contribution in [1.82, 2.24) is 0 Å². The summed E-state index contributed by atoms with van der Waals surface area (Å²) in [5, 5.41) is 10.6. The Labute approximate surface area is 103 Å². The molecule has 6 heteroatoms. The third kappa shape index (κ3) is 1.31. The molecular weight excluding hydrogens is 260 g/mol. The van der Waals surface area contributed by atoms with Gasteiger partial charge in [0.05, 0.1) is 9.75 Å². The van der Waals surface area contributed by atoms with Crippen LogP contribution in [0, 0.1) is 0 Å². The van der Waals surface area contributed by atoms with E-state index in [9.17, 15) is 14.4 Å². The molecule has 0 amide bonds. The van der Waals surface area contributed by atoms with Gasteiger partial charge in [0.25, 0.3) is 0 Å². The molecule has 1 N–H and O–H groups in total. The second-order valence-corrected chi connectivity index (χ2v) is 5.45. The number of hydrogen-bond donors (Lipinski definition) is 1.